The molecular weight excluding hydrogens is 332 g/mol. The van der Waals surface area contributed by atoms with Crippen LogP contribution in [0.25, 0.3) is 22.2 Å². The van der Waals surface area contributed by atoms with Crippen LogP contribution in [0, 0.1) is 5.82 Å². The van der Waals surface area contributed by atoms with Crippen LogP contribution in [0.3, 0.4) is 0 Å². The van der Waals surface area contributed by atoms with Gasteiger partial charge in [0.05, 0.1) is 5.56 Å². The molecule has 3 N–H and O–H groups in total. The van der Waals surface area contributed by atoms with Gasteiger partial charge in [0.2, 0.25) is 0 Å². The highest BCUT2D eigenvalue weighted by Gasteiger charge is 2.30. The van der Waals surface area contributed by atoms with E-state index >= 15 is 0 Å². The zero-order valence-electron chi connectivity index (χ0n) is 13.5. The molecule has 0 saturated heterocycles. The Bertz CT molecular complexity index is 864. The second kappa shape index (κ2) is 6.88. The van der Waals surface area contributed by atoms with Gasteiger partial charge in [-0.05, 0) is 67.3 Å². The first-order valence-electron chi connectivity index (χ1n) is 8.08. The van der Waals surface area contributed by atoms with Gasteiger partial charge in [-0.2, -0.15) is 13.2 Å². The van der Waals surface area contributed by atoms with Crippen molar-refractivity contribution in [2.45, 2.75) is 25.4 Å². The Hall–Kier alpha value is -2.34. The van der Waals surface area contributed by atoms with Crippen molar-refractivity contribution in [1.82, 2.24) is 4.98 Å². The van der Waals surface area contributed by atoms with Gasteiger partial charge in [0.1, 0.15) is 5.82 Å². The highest BCUT2D eigenvalue weighted by Crippen LogP contribution is 2.34. The van der Waals surface area contributed by atoms with Crippen molar-refractivity contribution in [1.29, 1.82) is 0 Å². The SMILES string of the molecule is NCCCCc1c(-c2ccc(C(F)(F)F)cc2)[nH]c2ccc(F)cc12. The molecule has 0 fully saturated rings. The Labute approximate surface area is 142 Å². The van der Waals surface area contributed by atoms with Crippen molar-refractivity contribution < 1.29 is 17.6 Å². The number of halogens is 4. The lowest BCUT2D eigenvalue weighted by atomic mass is 9.99. The molecule has 0 aliphatic heterocycles. The second-order valence-electron chi connectivity index (χ2n) is 5.99. The standard InChI is InChI=1S/C19H18F4N2/c20-14-8-9-17-16(11-14)15(3-1-2-10-24)18(25-17)12-4-6-13(7-5-12)19(21,22)23/h4-9,11,25H,1-3,10,24H2. The molecule has 0 saturated carbocycles. The summed E-state index contributed by atoms with van der Waals surface area (Å²) in [6.07, 6.45) is -2.04. The summed E-state index contributed by atoms with van der Waals surface area (Å²) in [6.45, 7) is 0.562. The summed E-state index contributed by atoms with van der Waals surface area (Å²) in [5, 5.41) is 0.756. The lowest BCUT2D eigenvalue weighted by Crippen LogP contribution is -2.04. The lowest BCUT2D eigenvalue weighted by molar-refractivity contribution is -0.137. The molecule has 1 aromatic heterocycles. The van der Waals surface area contributed by atoms with E-state index in [0.29, 0.717) is 18.5 Å². The topological polar surface area (TPSA) is 41.8 Å². The molecule has 6 heteroatoms. The summed E-state index contributed by atoms with van der Waals surface area (Å²) in [6, 6.07) is 9.46. The molecule has 0 atom stereocenters. The van der Waals surface area contributed by atoms with Crippen LogP contribution < -0.4 is 5.73 Å². The molecule has 2 nitrogen and oxygen atoms in total. The van der Waals surface area contributed by atoms with Crippen molar-refractivity contribution in [3.8, 4) is 11.3 Å². The summed E-state index contributed by atoms with van der Waals surface area (Å²) in [5.74, 6) is -0.342. The van der Waals surface area contributed by atoms with Gasteiger partial charge in [-0.3, -0.25) is 0 Å². The zero-order valence-corrected chi connectivity index (χ0v) is 13.5. The first-order valence-corrected chi connectivity index (χ1v) is 8.08. The molecule has 0 bridgehead atoms. The second-order valence-corrected chi connectivity index (χ2v) is 5.99. The van der Waals surface area contributed by atoms with E-state index in [4.69, 9.17) is 5.73 Å². The minimum atomic E-state index is -4.37. The van der Waals surface area contributed by atoms with Gasteiger partial charge in [-0.1, -0.05) is 12.1 Å². The predicted octanol–water partition coefficient (Wildman–Crippen LogP) is 5.27. The summed E-state index contributed by atoms with van der Waals surface area (Å²) < 4.78 is 51.9. The maximum absolute atomic E-state index is 13.6. The summed E-state index contributed by atoms with van der Waals surface area (Å²) in [5.41, 5.74) is 7.89. The Morgan fingerprint density at radius 3 is 2.32 bits per heavy atom. The number of hydrogen-bond acceptors (Lipinski definition) is 1. The van der Waals surface area contributed by atoms with Crippen LogP contribution in [-0.2, 0) is 12.6 Å². The van der Waals surface area contributed by atoms with Gasteiger partial charge in [0.25, 0.3) is 0 Å². The Kier molecular flexibility index (Phi) is 4.81. The largest absolute Gasteiger partial charge is 0.416 e. The van der Waals surface area contributed by atoms with Gasteiger partial charge in [-0.15, -0.1) is 0 Å². The average molecular weight is 350 g/mol. The average Bonchev–Trinajstić information content (AvgIpc) is 2.92. The van der Waals surface area contributed by atoms with Crippen LogP contribution in [0.4, 0.5) is 17.6 Å². The third kappa shape index (κ3) is 3.69. The van der Waals surface area contributed by atoms with Crippen molar-refractivity contribution in [3.63, 3.8) is 0 Å². The van der Waals surface area contributed by atoms with E-state index in [0.717, 1.165) is 47.1 Å². The van der Waals surface area contributed by atoms with Crippen LogP contribution in [-0.4, -0.2) is 11.5 Å². The van der Waals surface area contributed by atoms with Crippen LogP contribution in [0.5, 0.6) is 0 Å². The molecule has 0 amide bonds. The number of rotatable bonds is 5. The van der Waals surface area contributed by atoms with Gasteiger partial charge in [-0.25, -0.2) is 4.39 Å². The quantitative estimate of drug-likeness (QED) is 0.477. The summed E-state index contributed by atoms with van der Waals surface area (Å²) in [4.78, 5) is 3.21. The summed E-state index contributed by atoms with van der Waals surface area (Å²) in [7, 11) is 0. The number of fused-ring (bicyclic) bond motifs is 1. The fraction of sp³-hybridized carbons (Fsp3) is 0.263. The molecule has 132 valence electrons. The lowest BCUT2D eigenvalue weighted by Gasteiger charge is -2.09. The van der Waals surface area contributed by atoms with Crippen LogP contribution in [0.15, 0.2) is 42.5 Å². The number of aromatic nitrogens is 1. The van der Waals surface area contributed by atoms with Gasteiger partial charge < -0.3 is 10.7 Å². The molecule has 0 radical (unpaired) electrons. The minimum Gasteiger partial charge on any atom is -0.354 e. The van der Waals surface area contributed by atoms with E-state index in [9.17, 15) is 17.6 Å². The van der Waals surface area contributed by atoms with Crippen LogP contribution in [0.2, 0.25) is 0 Å². The highest BCUT2D eigenvalue weighted by molar-refractivity contribution is 5.90. The molecule has 0 spiro atoms. The number of nitrogens with one attached hydrogen (secondary N) is 1. The van der Waals surface area contributed by atoms with Crippen molar-refractivity contribution in [2.75, 3.05) is 6.54 Å². The predicted molar refractivity (Wildman–Crippen MR) is 90.7 cm³/mol. The van der Waals surface area contributed by atoms with E-state index in [1.54, 1.807) is 6.07 Å². The molecule has 1 heterocycles. The number of H-pyrrole nitrogens is 1. The van der Waals surface area contributed by atoms with Gasteiger partial charge in [0.15, 0.2) is 0 Å². The molecular formula is C19H18F4N2. The van der Waals surface area contributed by atoms with Crippen molar-refractivity contribution in [3.05, 3.63) is 59.4 Å². The van der Waals surface area contributed by atoms with E-state index in [1.807, 2.05) is 0 Å². The highest BCUT2D eigenvalue weighted by atomic mass is 19.4. The zero-order chi connectivity index (χ0) is 18.0. The molecule has 2 aromatic carbocycles. The fourth-order valence-corrected chi connectivity index (χ4v) is 3.00. The number of benzene rings is 2. The van der Waals surface area contributed by atoms with Gasteiger partial charge in [0, 0.05) is 16.6 Å². The molecule has 25 heavy (non-hydrogen) atoms. The number of nitrogens with two attached hydrogens (primary N) is 1. The van der Waals surface area contributed by atoms with E-state index < -0.39 is 11.7 Å². The molecule has 0 aliphatic rings. The minimum absolute atomic E-state index is 0.342. The van der Waals surface area contributed by atoms with Crippen LogP contribution >= 0.6 is 0 Å². The fourth-order valence-electron chi connectivity index (χ4n) is 3.00. The maximum Gasteiger partial charge on any atom is 0.416 e. The Balaban J connectivity index is 2.06. The maximum atomic E-state index is 13.6. The summed E-state index contributed by atoms with van der Waals surface area (Å²) >= 11 is 0. The van der Waals surface area contributed by atoms with Crippen molar-refractivity contribution >= 4 is 10.9 Å². The normalized spacial score (nSPS) is 12.0. The first kappa shape index (κ1) is 17.5. The monoisotopic (exact) mass is 350 g/mol. The third-order valence-electron chi connectivity index (χ3n) is 4.25. The molecule has 3 aromatic rings. The number of aryl methyl sites for hydroxylation is 1. The number of alkyl halides is 3. The number of hydrogen-bond donors (Lipinski definition) is 2. The third-order valence-corrected chi connectivity index (χ3v) is 4.25. The Morgan fingerprint density at radius 2 is 1.68 bits per heavy atom. The number of aromatic amines is 1. The van der Waals surface area contributed by atoms with E-state index in [2.05, 4.69) is 4.98 Å². The van der Waals surface area contributed by atoms with Crippen molar-refractivity contribution in [2.24, 2.45) is 5.73 Å². The molecule has 3 rings (SSSR count). The molecule has 0 aliphatic carbocycles. The first-order chi connectivity index (χ1) is 11.9. The van der Waals surface area contributed by atoms with Crippen LogP contribution in [0.1, 0.15) is 24.0 Å². The number of unbranched alkanes of at least 4 members (excludes halogenated alkanes) is 1. The smallest absolute Gasteiger partial charge is 0.354 e. The van der Waals surface area contributed by atoms with Gasteiger partial charge >= 0.3 is 6.18 Å². The van der Waals surface area contributed by atoms with E-state index in [-0.39, 0.29) is 5.82 Å². The Morgan fingerprint density at radius 1 is 0.960 bits per heavy atom. The van der Waals surface area contributed by atoms with E-state index in [1.165, 1.54) is 24.3 Å². The molecule has 0 unspecified atom stereocenters.